The van der Waals surface area contributed by atoms with E-state index in [2.05, 4.69) is 65.6 Å². The number of aromatic nitrogens is 1. The van der Waals surface area contributed by atoms with E-state index in [1.165, 1.54) is 10.9 Å². The zero-order valence-electron chi connectivity index (χ0n) is 13.8. The third-order valence-corrected chi connectivity index (χ3v) is 3.36. The fourth-order valence-corrected chi connectivity index (χ4v) is 2.30. The van der Waals surface area contributed by atoms with Gasteiger partial charge in [-0.3, -0.25) is 9.98 Å². The van der Waals surface area contributed by atoms with Crippen LogP contribution < -0.4 is 10.6 Å². The Morgan fingerprint density at radius 1 is 1.18 bits per heavy atom. The van der Waals surface area contributed by atoms with Crippen LogP contribution in [0.4, 0.5) is 0 Å². The largest absolute Gasteiger partial charge is 0.357 e. The molecule has 0 aliphatic rings. The molecular formula is C18H26N4. The highest BCUT2D eigenvalue weighted by Gasteiger charge is 2.03. The van der Waals surface area contributed by atoms with Crippen molar-refractivity contribution in [2.75, 3.05) is 19.6 Å². The third kappa shape index (κ3) is 4.72. The molecule has 0 atom stereocenters. The Morgan fingerprint density at radius 2 is 2.00 bits per heavy atom. The van der Waals surface area contributed by atoms with Crippen molar-refractivity contribution in [3.63, 3.8) is 0 Å². The summed E-state index contributed by atoms with van der Waals surface area (Å²) in [7, 11) is 0. The van der Waals surface area contributed by atoms with Gasteiger partial charge in [0.05, 0.1) is 5.52 Å². The van der Waals surface area contributed by atoms with E-state index < -0.39 is 0 Å². The van der Waals surface area contributed by atoms with Crippen LogP contribution in [0.5, 0.6) is 0 Å². The van der Waals surface area contributed by atoms with Crippen LogP contribution >= 0.6 is 0 Å². The Balaban J connectivity index is 1.97. The minimum atomic E-state index is 0.567. The average molecular weight is 298 g/mol. The number of aliphatic imine (C=N–C) groups is 1. The summed E-state index contributed by atoms with van der Waals surface area (Å²) in [4.78, 5) is 9.09. The van der Waals surface area contributed by atoms with Crippen LogP contribution in [-0.2, 0) is 6.42 Å². The quantitative estimate of drug-likeness (QED) is 0.637. The zero-order valence-corrected chi connectivity index (χ0v) is 13.8. The molecular weight excluding hydrogens is 272 g/mol. The lowest BCUT2D eigenvalue weighted by atomic mass is 10.1. The van der Waals surface area contributed by atoms with Gasteiger partial charge in [0.1, 0.15) is 0 Å². The number of pyridine rings is 1. The van der Waals surface area contributed by atoms with Crippen LogP contribution in [0.15, 0.2) is 41.5 Å². The summed E-state index contributed by atoms with van der Waals surface area (Å²) in [6.07, 6.45) is 2.79. The smallest absolute Gasteiger partial charge is 0.191 e. The second-order valence-electron chi connectivity index (χ2n) is 5.78. The van der Waals surface area contributed by atoms with Crippen LogP contribution in [0.1, 0.15) is 26.3 Å². The minimum absolute atomic E-state index is 0.567. The molecule has 0 aliphatic carbocycles. The van der Waals surface area contributed by atoms with Crippen molar-refractivity contribution in [2.45, 2.75) is 27.2 Å². The Bertz CT molecular complexity index is 614. The highest BCUT2D eigenvalue weighted by molar-refractivity contribution is 5.82. The van der Waals surface area contributed by atoms with Gasteiger partial charge in [-0.05, 0) is 30.9 Å². The fourth-order valence-electron chi connectivity index (χ4n) is 2.30. The Hall–Kier alpha value is -2.10. The molecule has 0 radical (unpaired) electrons. The van der Waals surface area contributed by atoms with Gasteiger partial charge >= 0.3 is 0 Å². The summed E-state index contributed by atoms with van der Waals surface area (Å²) in [6, 6.07) is 10.4. The van der Waals surface area contributed by atoms with Crippen molar-refractivity contribution in [3.8, 4) is 0 Å². The Morgan fingerprint density at radius 3 is 2.77 bits per heavy atom. The van der Waals surface area contributed by atoms with E-state index in [1.54, 1.807) is 0 Å². The van der Waals surface area contributed by atoms with Crippen molar-refractivity contribution < 1.29 is 0 Å². The maximum atomic E-state index is 4.59. The van der Waals surface area contributed by atoms with E-state index >= 15 is 0 Å². The van der Waals surface area contributed by atoms with E-state index in [0.29, 0.717) is 5.92 Å². The van der Waals surface area contributed by atoms with Gasteiger partial charge in [-0.2, -0.15) is 0 Å². The zero-order chi connectivity index (χ0) is 15.8. The topological polar surface area (TPSA) is 49.3 Å². The number of nitrogens with zero attached hydrogens (tertiary/aromatic N) is 2. The molecule has 0 bridgehead atoms. The van der Waals surface area contributed by atoms with E-state index in [9.17, 15) is 0 Å². The SMILES string of the molecule is CCNC(=NCC(C)C)NCCc1cccc2cccnc12. The number of fused-ring (bicyclic) bond motifs is 1. The summed E-state index contributed by atoms with van der Waals surface area (Å²) < 4.78 is 0. The molecule has 1 aromatic carbocycles. The average Bonchev–Trinajstić information content (AvgIpc) is 2.52. The van der Waals surface area contributed by atoms with Crippen LogP contribution in [0, 0.1) is 5.92 Å². The molecule has 0 amide bonds. The maximum Gasteiger partial charge on any atom is 0.191 e. The second-order valence-corrected chi connectivity index (χ2v) is 5.78. The predicted molar refractivity (Wildman–Crippen MR) is 94.3 cm³/mol. The molecule has 0 fully saturated rings. The molecule has 4 heteroatoms. The van der Waals surface area contributed by atoms with E-state index in [-0.39, 0.29) is 0 Å². The minimum Gasteiger partial charge on any atom is -0.357 e. The summed E-state index contributed by atoms with van der Waals surface area (Å²) in [5.41, 5.74) is 2.36. The summed E-state index contributed by atoms with van der Waals surface area (Å²) >= 11 is 0. The van der Waals surface area contributed by atoms with Gasteiger partial charge < -0.3 is 10.6 Å². The molecule has 22 heavy (non-hydrogen) atoms. The number of nitrogens with one attached hydrogen (secondary N) is 2. The number of para-hydroxylation sites is 1. The molecule has 2 N–H and O–H groups in total. The Kier molecular flexibility index (Phi) is 6.19. The summed E-state index contributed by atoms with van der Waals surface area (Å²) in [5.74, 6) is 1.46. The molecule has 2 rings (SSSR count). The second kappa shape index (κ2) is 8.37. The van der Waals surface area contributed by atoms with Gasteiger partial charge in [0, 0.05) is 31.2 Å². The van der Waals surface area contributed by atoms with Gasteiger partial charge in [0.25, 0.3) is 0 Å². The van der Waals surface area contributed by atoms with Crippen LogP contribution in [0.2, 0.25) is 0 Å². The third-order valence-electron chi connectivity index (χ3n) is 3.36. The number of hydrogen-bond acceptors (Lipinski definition) is 2. The first-order valence-electron chi connectivity index (χ1n) is 8.05. The van der Waals surface area contributed by atoms with Crippen molar-refractivity contribution in [1.29, 1.82) is 0 Å². The standard InChI is InChI=1S/C18H26N4/c1-4-19-18(22-13-14(2)3)21-12-10-16-8-5-7-15-9-6-11-20-17(15)16/h5-9,11,14H,4,10,12-13H2,1-3H3,(H2,19,21,22). The number of guanidine groups is 1. The first kappa shape index (κ1) is 16.3. The summed E-state index contributed by atoms with van der Waals surface area (Å²) in [6.45, 7) is 9.00. The van der Waals surface area contributed by atoms with Crippen molar-refractivity contribution in [2.24, 2.45) is 10.9 Å². The van der Waals surface area contributed by atoms with E-state index in [4.69, 9.17) is 0 Å². The predicted octanol–water partition coefficient (Wildman–Crippen LogP) is 2.99. The van der Waals surface area contributed by atoms with Crippen molar-refractivity contribution in [1.82, 2.24) is 15.6 Å². The molecule has 1 heterocycles. The molecule has 118 valence electrons. The molecule has 0 unspecified atom stereocenters. The van der Waals surface area contributed by atoms with Gasteiger partial charge in [-0.15, -0.1) is 0 Å². The van der Waals surface area contributed by atoms with Crippen molar-refractivity contribution in [3.05, 3.63) is 42.1 Å². The lowest BCUT2D eigenvalue weighted by molar-refractivity contribution is 0.656. The van der Waals surface area contributed by atoms with Gasteiger partial charge in [0.15, 0.2) is 5.96 Å². The lowest BCUT2D eigenvalue weighted by Gasteiger charge is -2.12. The normalized spacial score (nSPS) is 11.9. The number of benzene rings is 1. The Labute approximate surface area is 133 Å². The molecule has 1 aromatic heterocycles. The molecule has 0 saturated heterocycles. The highest BCUT2D eigenvalue weighted by atomic mass is 15.2. The highest BCUT2D eigenvalue weighted by Crippen LogP contribution is 2.15. The molecule has 0 aliphatic heterocycles. The van der Waals surface area contributed by atoms with Crippen molar-refractivity contribution >= 4 is 16.9 Å². The van der Waals surface area contributed by atoms with Gasteiger partial charge in [-0.1, -0.05) is 38.1 Å². The maximum absolute atomic E-state index is 4.59. The van der Waals surface area contributed by atoms with E-state index in [1.807, 2.05) is 12.3 Å². The fraction of sp³-hybridized carbons (Fsp3) is 0.444. The molecule has 0 saturated carbocycles. The molecule has 2 aromatic rings. The molecule has 0 spiro atoms. The lowest BCUT2D eigenvalue weighted by Crippen LogP contribution is -2.38. The van der Waals surface area contributed by atoms with Gasteiger partial charge in [-0.25, -0.2) is 0 Å². The first-order chi connectivity index (χ1) is 10.7. The van der Waals surface area contributed by atoms with Gasteiger partial charge in [0.2, 0.25) is 0 Å². The number of rotatable bonds is 6. The molecule has 4 nitrogen and oxygen atoms in total. The van der Waals surface area contributed by atoms with Crippen LogP contribution in [0.3, 0.4) is 0 Å². The first-order valence-corrected chi connectivity index (χ1v) is 8.05. The number of hydrogen-bond donors (Lipinski definition) is 2. The monoisotopic (exact) mass is 298 g/mol. The van der Waals surface area contributed by atoms with E-state index in [0.717, 1.165) is 37.5 Å². The van der Waals surface area contributed by atoms with Crippen LogP contribution in [-0.4, -0.2) is 30.6 Å². The summed E-state index contributed by atoms with van der Waals surface area (Å²) in [5, 5.41) is 7.88. The van der Waals surface area contributed by atoms with Crippen LogP contribution in [0.25, 0.3) is 10.9 Å².